The van der Waals surface area contributed by atoms with E-state index in [1.54, 1.807) is 60.8 Å². The number of fused-ring (bicyclic) bond motifs is 1. The lowest BCUT2D eigenvalue weighted by molar-refractivity contribution is -0.118. The molecule has 0 saturated carbocycles. The van der Waals surface area contributed by atoms with Crippen LogP contribution in [0.4, 0.5) is 5.69 Å². The molecule has 9 heteroatoms. The molecule has 1 aromatic heterocycles. The first-order valence-corrected chi connectivity index (χ1v) is 12.6. The molecule has 0 saturated heterocycles. The van der Waals surface area contributed by atoms with Crippen molar-refractivity contribution in [3.63, 3.8) is 0 Å². The Hall–Kier alpha value is -3.49. The van der Waals surface area contributed by atoms with Gasteiger partial charge in [0.1, 0.15) is 11.6 Å². The summed E-state index contributed by atoms with van der Waals surface area (Å²) in [6, 6.07) is 19.4. The Kier molecular flexibility index (Phi) is 8.18. The van der Waals surface area contributed by atoms with Crippen molar-refractivity contribution < 1.29 is 9.53 Å². The average molecular weight is 568 g/mol. The second-order valence-corrected chi connectivity index (χ2v) is 9.57. The number of benzene rings is 3. The minimum absolute atomic E-state index is 0.0534. The number of halogens is 2. The highest BCUT2D eigenvalue weighted by Crippen LogP contribution is 2.21. The number of hydrogen-bond acceptors (Lipinski definition) is 5. The van der Waals surface area contributed by atoms with Crippen molar-refractivity contribution in [1.29, 1.82) is 0 Å². The maximum atomic E-state index is 13.2. The summed E-state index contributed by atoms with van der Waals surface area (Å²) < 4.78 is 7.75. The Morgan fingerprint density at radius 1 is 1.17 bits per heavy atom. The predicted octanol–water partition coefficient (Wildman–Crippen LogP) is 6.23. The van der Waals surface area contributed by atoms with E-state index in [0.717, 1.165) is 16.5 Å². The molecule has 0 radical (unpaired) electrons. The molecule has 0 bridgehead atoms. The van der Waals surface area contributed by atoms with Crippen molar-refractivity contribution in [2.75, 3.05) is 11.9 Å². The molecule has 1 amide bonds. The molecule has 0 aliphatic heterocycles. The highest BCUT2D eigenvalue weighted by Gasteiger charge is 2.15. The van der Waals surface area contributed by atoms with Crippen LogP contribution in [0, 0.1) is 0 Å². The summed E-state index contributed by atoms with van der Waals surface area (Å²) in [4.78, 5) is 30.1. The SMILES string of the molecule is CC[C@H](C)c1nc2ccc(Br)cc2c(=O)n1N=Cc1ccc(OCC(=O)Nc2ccc(Cl)cc2)cc1. The summed E-state index contributed by atoms with van der Waals surface area (Å²) >= 11 is 9.27. The third kappa shape index (κ3) is 6.19. The van der Waals surface area contributed by atoms with Gasteiger partial charge in [0.25, 0.3) is 11.5 Å². The molecule has 0 spiro atoms. The van der Waals surface area contributed by atoms with E-state index in [1.165, 1.54) is 4.68 Å². The smallest absolute Gasteiger partial charge is 0.282 e. The van der Waals surface area contributed by atoms with Crippen LogP contribution in [-0.2, 0) is 4.79 Å². The molecule has 0 fully saturated rings. The van der Waals surface area contributed by atoms with Crippen LogP contribution in [0.1, 0.15) is 37.6 Å². The molecule has 184 valence electrons. The molecule has 36 heavy (non-hydrogen) atoms. The van der Waals surface area contributed by atoms with Gasteiger partial charge in [-0.3, -0.25) is 9.59 Å². The fourth-order valence-electron chi connectivity index (χ4n) is 3.43. The molecule has 0 aliphatic rings. The summed E-state index contributed by atoms with van der Waals surface area (Å²) in [6.07, 6.45) is 2.43. The normalized spacial score (nSPS) is 12.1. The molecule has 1 N–H and O–H groups in total. The van der Waals surface area contributed by atoms with Gasteiger partial charge in [-0.15, -0.1) is 0 Å². The summed E-state index contributed by atoms with van der Waals surface area (Å²) in [5.74, 6) is 0.918. The Bertz CT molecular complexity index is 1470. The number of ether oxygens (including phenoxy) is 1. The van der Waals surface area contributed by atoms with Crippen LogP contribution >= 0.6 is 27.5 Å². The Morgan fingerprint density at radius 2 is 1.89 bits per heavy atom. The van der Waals surface area contributed by atoms with Gasteiger partial charge in [0.05, 0.1) is 17.1 Å². The number of carbonyl (C=O) groups is 1. The van der Waals surface area contributed by atoms with Crippen LogP contribution in [0.25, 0.3) is 10.9 Å². The van der Waals surface area contributed by atoms with Gasteiger partial charge in [-0.25, -0.2) is 4.98 Å². The van der Waals surface area contributed by atoms with Crippen LogP contribution in [0.3, 0.4) is 0 Å². The Morgan fingerprint density at radius 3 is 2.58 bits per heavy atom. The largest absolute Gasteiger partial charge is 0.484 e. The first kappa shape index (κ1) is 25.6. The molecule has 4 rings (SSSR count). The summed E-state index contributed by atoms with van der Waals surface area (Å²) in [5.41, 5.74) is 1.83. The highest BCUT2D eigenvalue weighted by atomic mass is 79.9. The lowest BCUT2D eigenvalue weighted by atomic mass is 10.1. The topological polar surface area (TPSA) is 85.6 Å². The second kappa shape index (κ2) is 11.5. The molecular weight excluding hydrogens is 544 g/mol. The number of anilines is 1. The maximum Gasteiger partial charge on any atom is 0.282 e. The molecule has 1 atom stereocenters. The van der Waals surface area contributed by atoms with Gasteiger partial charge in [-0.2, -0.15) is 9.78 Å². The van der Waals surface area contributed by atoms with Gasteiger partial charge >= 0.3 is 0 Å². The fraction of sp³-hybridized carbons (Fsp3) is 0.185. The molecule has 0 unspecified atom stereocenters. The molecule has 1 heterocycles. The number of carbonyl (C=O) groups excluding carboxylic acids is 1. The van der Waals surface area contributed by atoms with E-state index in [0.29, 0.717) is 33.2 Å². The molecule has 4 aromatic rings. The van der Waals surface area contributed by atoms with E-state index in [2.05, 4.69) is 26.3 Å². The zero-order chi connectivity index (χ0) is 25.7. The van der Waals surface area contributed by atoms with Gasteiger partial charge < -0.3 is 10.1 Å². The number of nitrogens with zero attached hydrogens (tertiary/aromatic N) is 3. The van der Waals surface area contributed by atoms with Crippen molar-refractivity contribution in [2.45, 2.75) is 26.2 Å². The van der Waals surface area contributed by atoms with Gasteiger partial charge in [-0.1, -0.05) is 41.4 Å². The average Bonchev–Trinajstić information content (AvgIpc) is 2.88. The number of aromatic nitrogens is 2. The maximum absolute atomic E-state index is 13.2. The van der Waals surface area contributed by atoms with Crippen molar-refractivity contribution >= 4 is 56.2 Å². The molecule has 7 nitrogen and oxygen atoms in total. The third-order valence-corrected chi connectivity index (χ3v) is 6.33. The summed E-state index contributed by atoms with van der Waals surface area (Å²) in [5, 5.41) is 8.30. The van der Waals surface area contributed by atoms with Gasteiger partial charge in [-0.05, 0) is 78.7 Å². The minimum atomic E-state index is -0.282. The fourth-order valence-corrected chi connectivity index (χ4v) is 3.92. The van der Waals surface area contributed by atoms with Crippen LogP contribution in [0.5, 0.6) is 5.75 Å². The van der Waals surface area contributed by atoms with Crippen molar-refractivity contribution in [1.82, 2.24) is 9.66 Å². The lowest BCUT2D eigenvalue weighted by Crippen LogP contribution is -2.23. The minimum Gasteiger partial charge on any atom is -0.484 e. The number of hydrogen-bond donors (Lipinski definition) is 1. The second-order valence-electron chi connectivity index (χ2n) is 8.22. The zero-order valence-corrected chi connectivity index (χ0v) is 22.1. The molecular formula is C27H24BrClN4O3. The lowest BCUT2D eigenvalue weighted by Gasteiger charge is -2.14. The first-order chi connectivity index (χ1) is 17.3. The van der Waals surface area contributed by atoms with E-state index in [-0.39, 0.29) is 24.0 Å². The first-order valence-electron chi connectivity index (χ1n) is 11.4. The van der Waals surface area contributed by atoms with E-state index in [1.807, 2.05) is 26.0 Å². The van der Waals surface area contributed by atoms with Crippen molar-refractivity contribution in [2.24, 2.45) is 5.10 Å². The van der Waals surface area contributed by atoms with E-state index in [9.17, 15) is 9.59 Å². The van der Waals surface area contributed by atoms with E-state index < -0.39 is 0 Å². The van der Waals surface area contributed by atoms with Crippen molar-refractivity contribution in [3.8, 4) is 5.75 Å². The highest BCUT2D eigenvalue weighted by molar-refractivity contribution is 9.10. The van der Waals surface area contributed by atoms with Gasteiger partial charge in [0.2, 0.25) is 0 Å². The third-order valence-electron chi connectivity index (χ3n) is 5.59. The van der Waals surface area contributed by atoms with Crippen LogP contribution in [-0.4, -0.2) is 28.4 Å². The van der Waals surface area contributed by atoms with Crippen LogP contribution < -0.4 is 15.6 Å². The van der Waals surface area contributed by atoms with E-state index >= 15 is 0 Å². The van der Waals surface area contributed by atoms with Gasteiger partial charge in [0, 0.05) is 21.1 Å². The zero-order valence-electron chi connectivity index (χ0n) is 19.7. The van der Waals surface area contributed by atoms with Gasteiger partial charge in [0.15, 0.2) is 6.61 Å². The number of rotatable bonds is 8. The monoisotopic (exact) mass is 566 g/mol. The van der Waals surface area contributed by atoms with Crippen LogP contribution in [0.2, 0.25) is 5.02 Å². The standard InChI is InChI=1S/C27H24BrClN4O3/c1-3-17(2)26-32-24-13-6-19(28)14-23(24)27(35)33(26)30-15-18-4-11-22(12-5-18)36-16-25(34)31-21-9-7-20(29)8-10-21/h4-15,17H,3,16H2,1-2H3,(H,31,34)/t17-/m0/s1. The van der Waals surface area contributed by atoms with Crippen LogP contribution in [0.15, 0.2) is 81.1 Å². The Balaban J connectivity index is 1.48. The number of amides is 1. The Labute approximate surface area is 221 Å². The van der Waals surface area contributed by atoms with E-state index in [4.69, 9.17) is 21.3 Å². The summed E-state index contributed by atoms with van der Waals surface area (Å²) in [7, 11) is 0. The summed E-state index contributed by atoms with van der Waals surface area (Å²) in [6.45, 7) is 3.93. The van der Waals surface area contributed by atoms with Crippen molar-refractivity contribution in [3.05, 3.63) is 98.0 Å². The molecule has 0 aliphatic carbocycles. The number of nitrogens with one attached hydrogen (secondary N) is 1. The molecule has 3 aromatic carbocycles. The predicted molar refractivity (Wildman–Crippen MR) is 147 cm³/mol. The quantitative estimate of drug-likeness (QED) is 0.256.